The van der Waals surface area contributed by atoms with Gasteiger partial charge in [0.2, 0.25) is 0 Å². The second-order valence-electron chi connectivity index (χ2n) is 7.33. The maximum absolute atomic E-state index is 6.36. The molecule has 25 heavy (non-hydrogen) atoms. The lowest BCUT2D eigenvalue weighted by Crippen LogP contribution is -2.54. The van der Waals surface area contributed by atoms with E-state index in [9.17, 15) is 0 Å². The van der Waals surface area contributed by atoms with E-state index in [0.717, 1.165) is 29.0 Å². The standard InChI is InChI=1S/C20H29N5/c1-13(2)25(5)12-14-6-7-17-15(10-14)11-18(24-17)16-8-9-23-20(3,21)19(16)22-4/h6-11,13,22-24H,12,21H2,1-5H3. The molecule has 1 aliphatic rings. The molecule has 134 valence electrons. The van der Waals surface area contributed by atoms with Crippen LogP contribution in [-0.2, 0) is 6.54 Å². The summed E-state index contributed by atoms with van der Waals surface area (Å²) in [6.45, 7) is 7.34. The number of fused-ring (bicyclic) bond motifs is 1. The predicted octanol–water partition coefficient (Wildman–Crippen LogP) is 2.73. The molecule has 0 saturated carbocycles. The number of likely N-dealkylation sites (N-methyl/N-ethyl adjacent to an activating group) is 1. The van der Waals surface area contributed by atoms with E-state index in [0.29, 0.717) is 6.04 Å². The predicted molar refractivity (Wildman–Crippen MR) is 106 cm³/mol. The van der Waals surface area contributed by atoms with Gasteiger partial charge in [-0.1, -0.05) is 6.07 Å². The number of hydrogen-bond donors (Lipinski definition) is 4. The number of H-pyrrole nitrogens is 1. The summed E-state index contributed by atoms with van der Waals surface area (Å²) in [5.74, 6) is 0. The number of allylic oxidation sites excluding steroid dienone is 2. The molecule has 5 heteroatoms. The Kier molecular flexibility index (Phi) is 4.62. The first-order valence-corrected chi connectivity index (χ1v) is 8.79. The van der Waals surface area contributed by atoms with E-state index in [1.807, 2.05) is 20.2 Å². The molecule has 1 aromatic carbocycles. The topological polar surface area (TPSA) is 69.1 Å². The van der Waals surface area contributed by atoms with Crippen LogP contribution < -0.4 is 16.4 Å². The van der Waals surface area contributed by atoms with Gasteiger partial charge in [-0.2, -0.15) is 0 Å². The summed E-state index contributed by atoms with van der Waals surface area (Å²) in [5.41, 5.74) is 11.3. The first kappa shape index (κ1) is 17.6. The Labute approximate surface area is 150 Å². The highest BCUT2D eigenvalue weighted by molar-refractivity contribution is 5.88. The van der Waals surface area contributed by atoms with Crippen LogP contribution in [0.25, 0.3) is 16.5 Å². The molecule has 0 spiro atoms. The number of aromatic amines is 1. The van der Waals surface area contributed by atoms with Gasteiger partial charge in [0.05, 0.1) is 5.70 Å². The number of hydrogen-bond acceptors (Lipinski definition) is 4. The molecule has 1 aromatic heterocycles. The van der Waals surface area contributed by atoms with E-state index in [2.05, 4.69) is 71.8 Å². The summed E-state index contributed by atoms with van der Waals surface area (Å²) in [4.78, 5) is 5.86. The smallest absolute Gasteiger partial charge is 0.124 e. The van der Waals surface area contributed by atoms with Crippen LogP contribution in [0.4, 0.5) is 0 Å². The van der Waals surface area contributed by atoms with E-state index in [1.54, 1.807) is 0 Å². The van der Waals surface area contributed by atoms with Gasteiger partial charge in [-0.25, -0.2) is 0 Å². The zero-order valence-corrected chi connectivity index (χ0v) is 15.8. The van der Waals surface area contributed by atoms with Gasteiger partial charge in [0.15, 0.2) is 0 Å². The number of aromatic nitrogens is 1. The van der Waals surface area contributed by atoms with Gasteiger partial charge in [0, 0.05) is 41.8 Å². The summed E-state index contributed by atoms with van der Waals surface area (Å²) in [5, 5.41) is 7.66. The summed E-state index contributed by atoms with van der Waals surface area (Å²) in [6.07, 6.45) is 3.96. The van der Waals surface area contributed by atoms with Crippen molar-refractivity contribution in [3.63, 3.8) is 0 Å². The maximum Gasteiger partial charge on any atom is 0.124 e. The second kappa shape index (κ2) is 6.58. The van der Waals surface area contributed by atoms with Gasteiger partial charge in [0.25, 0.3) is 0 Å². The summed E-state index contributed by atoms with van der Waals surface area (Å²) in [7, 11) is 4.06. The Bertz CT molecular complexity index is 826. The van der Waals surface area contributed by atoms with Crippen molar-refractivity contribution in [2.45, 2.75) is 39.0 Å². The highest BCUT2D eigenvalue weighted by Crippen LogP contribution is 2.29. The zero-order chi connectivity index (χ0) is 18.2. The number of nitrogens with one attached hydrogen (secondary N) is 3. The highest BCUT2D eigenvalue weighted by Gasteiger charge is 2.28. The van der Waals surface area contributed by atoms with Crippen LogP contribution in [0.5, 0.6) is 0 Å². The molecular formula is C20H29N5. The van der Waals surface area contributed by atoms with Gasteiger partial charge < -0.3 is 21.4 Å². The molecular weight excluding hydrogens is 310 g/mol. The monoisotopic (exact) mass is 339 g/mol. The first-order valence-electron chi connectivity index (χ1n) is 8.79. The molecule has 0 saturated heterocycles. The van der Waals surface area contributed by atoms with Crippen molar-refractivity contribution in [2.24, 2.45) is 5.73 Å². The minimum absolute atomic E-state index is 0.530. The van der Waals surface area contributed by atoms with Crippen LogP contribution in [0.15, 0.2) is 42.2 Å². The molecule has 0 fully saturated rings. The largest absolute Gasteiger partial charge is 0.388 e. The Morgan fingerprint density at radius 1 is 1.28 bits per heavy atom. The minimum atomic E-state index is -0.610. The third-order valence-corrected chi connectivity index (χ3v) is 4.96. The van der Waals surface area contributed by atoms with Crippen LogP contribution >= 0.6 is 0 Å². The van der Waals surface area contributed by atoms with Crippen LogP contribution in [0, 0.1) is 0 Å². The summed E-state index contributed by atoms with van der Waals surface area (Å²) >= 11 is 0. The fourth-order valence-corrected chi connectivity index (χ4v) is 3.25. The van der Waals surface area contributed by atoms with E-state index in [-0.39, 0.29) is 0 Å². The number of dihydropyridines is 1. The van der Waals surface area contributed by atoms with Crippen LogP contribution in [-0.4, -0.2) is 35.7 Å². The van der Waals surface area contributed by atoms with E-state index < -0.39 is 5.66 Å². The van der Waals surface area contributed by atoms with Crippen molar-refractivity contribution in [2.75, 3.05) is 14.1 Å². The van der Waals surface area contributed by atoms with Gasteiger partial charge in [-0.15, -0.1) is 0 Å². The SMILES string of the molecule is CNC1=C(c2cc3cc(CN(C)C(C)C)ccc3[nH]2)C=CNC1(C)N. The van der Waals surface area contributed by atoms with Crippen molar-refractivity contribution in [3.8, 4) is 0 Å². The molecule has 5 N–H and O–H groups in total. The van der Waals surface area contributed by atoms with Crippen molar-refractivity contribution in [1.82, 2.24) is 20.5 Å². The van der Waals surface area contributed by atoms with Gasteiger partial charge in [0.1, 0.15) is 5.66 Å². The Balaban J connectivity index is 1.99. The molecule has 1 aliphatic heterocycles. The number of benzene rings is 1. The first-order chi connectivity index (χ1) is 11.8. The normalized spacial score (nSPS) is 20.6. The number of rotatable bonds is 5. The molecule has 1 unspecified atom stereocenters. The summed E-state index contributed by atoms with van der Waals surface area (Å²) < 4.78 is 0. The third-order valence-electron chi connectivity index (χ3n) is 4.96. The highest BCUT2D eigenvalue weighted by atomic mass is 15.1. The second-order valence-corrected chi connectivity index (χ2v) is 7.33. The van der Waals surface area contributed by atoms with E-state index in [4.69, 9.17) is 5.73 Å². The third kappa shape index (κ3) is 3.43. The Morgan fingerprint density at radius 2 is 2.04 bits per heavy atom. The van der Waals surface area contributed by atoms with Crippen molar-refractivity contribution in [3.05, 3.63) is 53.5 Å². The van der Waals surface area contributed by atoms with Crippen molar-refractivity contribution >= 4 is 16.5 Å². The number of nitrogens with zero attached hydrogens (tertiary/aromatic N) is 1. The molecule has 2 heterocycles. The molecule has 1 atom stereocenters. The lowest BCUT2D eigenvalue weighted by molar-refractivity contribution is 0.266. The molecule has 0 aliphatic carbocycles. The molecule has 2 aromatic rings. The van der Waals surface area contributed by atoms with Gasteiger partial charge in [-0.05, 0) is 63.9 Å². The molecule has 0 amide bonds. The van der Waals surface area contributed by atoms with Crippen LogP contribution in [0.2, 0.25) is 0 Å². The lowest BCUT2D eigenvalue weighted by Gasteiger charge is -2.33. The van der Waals surface area contributed by atoms with Gasteiger partial charge >= 0.3 is 0 Å². The fraction of sp³-hybridized carbons (Fsp3) is 0.400. The van der Waals surface area contributed by atoms with E-state index >= 15 is 0 Å². The average molecular weight is 339 g/mol. The Morgan fingerprint density at radius 3 is 2.72 bits per heavy atom. The quantitative estimate of drug-likeness (QED) is 0.676. The van der Waals surface area contributed by atoms with E-state index in [1.165, 1.54) is 10.9 Å². The van der Waals surface area contributed by atoms with Crippen LogP contribution in [0.1, 0.15) is 32.0 Å². The zero-order valence-electron chi connectivity index (χ0n) is 15.8. The molecule has 3 rings (SSSR count). The minimum Gasteiger partial charge on any atom is -0.388 e. The summed E-state index contributed by atoms with van der Waals surface area (Å²) in [6, 6.07) is 9.35. The fourth-order valence-electron chi connectivity index (χ4n) is 3.25. The molecule has 0 radical (unpaired) electrons. The maximum atomic E-state index is 6.36. The van der Waals surface area contributed by atoms with Crippen molar-refractivity contribution in [1.29, 1.82) is 0 Å². The lowest BCUT2D eigenvalue weighted by atomic mass is 9.98. The molecule has 5 nitrogen and oxygen atoms in total. The number of nitrogens with two attached hydrogens (primary N) is 1. The molecule has 0 bridgehead atoms. The van der Waals surface area contributed by atoms with Crippen LogP contribution in [0.3, 0.4) is 0 Å². The Hall–Kier alpha value is -2.24. The van der Waals surface area contributed by atoms with Gasteiger partial charge in [-0.3, -0.25) is 4.90 Å². The average Bonchev–Trinajstić information content (AvgIpc) is 2.96. The van der Waals surface area contributed by atoms with Crippen molar-refractivity contribution < 1.29 is 0 Å².